The number of rotatable bonds is 4. The van der Waals surface area contributed by atoms with E-state index in [0.717, 1.165) is 0 Å². The third-order valence-electron chi connectivity index (χ3n) is 5.86. The van der Waals surface area contributed by atoms with E-state index in [4.69, 9.17) is 0 Å². The Balaban J connectivity index is 0.000000556. The number of halogens is 4. The summed E-state index contributed by atoms with van der Waals surface area (Å²) in [4.78, 5) is 0. The van der Waals surface area contributed by atoms with Gasteiger partial charge < -0.3 is 17.3 Å². The van der Waals surface area contributed by atoms with E-state index in [1.807, 2.05) is 0 Å². The first-order valence-electron chi connectivity index (χ1n) is 11.8. The molecular formula is C30H26BF4N. The number of nitrogens with zero attached hydrogens (tertiary/aromatic N) is 1. The van der Waals surface area contributed by atoms with Gasteiger partial charge in [0.1, 0.15) is 0 Å². The first-order valence-corrected chi connectivity index (χ1v) is 11.8. The average Bonchev–Trinajstić information content (AvgIpc) is 2.87. The van der Waals surface area contributed by atoms with Crippen molar-refractivity contribution in [1.29, 1.82) is 0 Å². The zero-order valence-corrected chi connectivity index (χ0v) is 20.1. The van der Waals surface area contributed by atoms with Crippen molar-refractivity contribution in [2.75, 3.05) is 0 Å². The largest absolute Gasteiger partial charge is 0.673 e. The van der Waals surface area contributed by atoms with Crippen molar-refractivity contribution < 1.29 is 21.8 Å². The van der Waals surface area contributed by atoms with E-state index in [2.05, 4.69) is 134 Å². The molecule has 1 heterocycles. The molecule has 5 rings (SSSR count). The molecule has 0 aliphatic rings. The van der Waals surface area contributed by atoms with Crippen LogP contribution in [0.1, 0.15) is 19.9 Å². The number of hydrogen-bond acceptors (Lipinski definition) is 0. The topological polar surface area (TPSA) is 3.88 Å². The summed E-state index contributed by atoms with van der Waals surface area (Å²) in [5.41, 5.74) is 7.44. The zero-order chi connectivity index (χ0) is 25.7. The molecule has 182 valence electrons. The van der Waals surface area contributed by atoms with Gasteiger partial charge in [0, 0.05) is 17.7 Å². The summed E-state index contributed by atoms with van der Waals surface area (Å²) in [6, 6.07) is 41.7. The number of aromatic nitrogens is 1. The molecule has 0 aliphatic carbocycles. The van der Waals surface area contributed by atoms with Gasteiger partial charge in [0.05, 0.1) is 5.56 Å². The second-order valence-electron chi connectivity index (χ2n) is 8.73. The molecule has 0 unspecified atom stereocenters. The molecule has 0 saturated heterocycles. The minimum absolute atomic E-state index is 0.314. The highest BCUT2D eigenvalue weighted by atomic mass is 19.5. The summed E-state index contributed by atoms with van der Waals surface area (Å²) < 4.78 is 41.5. The second-order valence-corrected chi connectivity index (χ2v) is 8.73. The molecule has 6 heteroatoms. The van der Waals surface area contributed by atoms with Gasteiger partial charge in [0.25, 0.3) is 0 Å². The summed E-state index contributed by atoms with van der Waals surface area (Å²) >= 11 is 0. The minimum Gasteiger partial charge on any atom is -0.418 e. The molecule has 0 N–H and O–H groups in total. The van der Waals surface area contributed by atoms with Crippen LogP contribution in [-0.4, -0.2) is 7.25 Å². The summed E-state index contributed by atoms with van der Waals surface area (Å²) in [7, 11) is -6.00. The van der Waals surface area contributed by atoms with Gasteiger partial charge in [-0.05, 0) is 53.9 Å². The maximum atomic E-state index is 9.75. The fourth-order valence-electron chi connectivity index (χ4n) is 4.45. The highest BCUT2D eigenvalue weighted by Gasteiger charge is 2.26. The fourth-order valence-corrected chi connectivity index (χ4v) is 4.45. The Morgan fingerprint density at radius 2 is 1.06 bits per heavy atom. The van der Waals surface area contributed by atoms with Gasteiger partial charge in [-0.1, -0.05) is 84.9 Å². The van der Waals surface area contributed by atoms with Crippen LogP contribution in [0, 0.1) is 0 Å². The number of pyridine rings is 1. The van der Waals surface area contributed by atoms with E-state index in [-0.39, 0.29) is 0 Å². The Morgan fingerprint density at radius 3 is 1.67 bits per heavy atom. The highest BCUT2D eigenvalue weighted by Crippen LogP contribution is 2.33. The van der Waals surface area contributed by atoms with Gasteiger partial charge in [0.2, 0.25) is 11.4 Å². The molecule has 0 amide bonds. The van der Waals surface area contributed by atoms with Crippen LogP contribution in [0.15, 0.2) is 115 Å². The lowest BCUT2D eigenvalue weighted by molar-refractivity contribution is -0.695. The van der Waals surface area contributed by atoms with Gasteiger partial charge in [-0.3, -0.25) is 0 Å². The average molecular weight is 487 g/mol. The van der Waals surface area contributed by atoms with E-state index in [9.17, 15) is 17.3 Å². The molecule has 0 bridgehead atoms. The van der Waals surface area contributed by atoms with Crippen LogP contribution in [-0.2, 0) is 0 Å². The molecule has 0 spiro atoms. The van der Waals surface area contributed by atoms with E-state index < -0.39 is 7.25 Å². The lowest BCUT2D eigenvalue weighted by atomic mass is 9.96. The van der Waals surface area contributed by atoms with Gasteiger partial charge in [-0.2, -0.15) is 4.57 Å². The minimum atomic E-state index is -6.00. The Kier molecular flexibility index (Phi) is 7.54. The summed E-state index contributed by atoms with van der Waals surface area (Å²) in [5.74, 6) is 0. The predicted molar refractivity (Wildman–Crippen MR) is 141 cm³/mol. The van der Waals surface area contributed by atoms with Crippen LogP contribution < -0.4 is 4.57 Å². The molecule has 0 fully saturated rings. The van der Waals surface area contributed by atoms with Gasteiger partial charge in [0.15, 0.2) is 6.04 Å². The van der Waals surface area contributed by atoms with Crippen molar-refractivity contribution >= 4 is 18.0 Å². The van der Waals surface area contributed by atoms with Crippen molar-refractivity contribution in [2.24, 2.45) is 0 Å². The van der Waals surface area contributed by atoms with Crippen molar-refractivity contribution in [2.45, 2.75) is 19.9 Å². The molecule has 36 heavy (non-hydrogen) atoms. The number of benzene rings is 4. The maximum absolute atomic E-state index is 9.75. The quantitative estimate of drug-likeness (QED) is 0.135. The van der Waals surface area contributed by atoms with Gasteiger partial charge in [-0.15, -0.1) is 0 Å². The Bertz CT molecular complexity index is 1440. The van der Waals surface area contributed by atoms with E-state index >= 15 is 0 Å². The van der Waals surface area contributed by atoms with Gasteiger partial charge >= 0.3 is 7.25 Å². The van der Waals surface area contributed by atoms with E-state index in [1.165, 1.54) is 44.4 Å². The van der Waals surface area contributed by atoms with Crippen LogP contribution in [0.5, 0.6) is 0 Å². The molecule has 0 radical (unpaired) electrons. The van der Waals surface area contributed by atoms with Crippen LogP contribution in [0.4, 0.5) is 17.3 Å². The Morgan fingerprint density at radius 1 is 0.556 bits per heavy atom. The van der Waals surface area contributed by atoms with Crippen molar-refractivity contribution in [3.63, 3.8) is 0 Å². The Labute approximate surface area is 208 Å². The first kappa shape index (κ1) is 25.2. The molecule has 0 aliphatic heterocycles. The van der Waals surface area contributed by atoms with E-state index in [0.29, 0.717) is 6.04 Å². The maximum Gasteiger partial charge on any atom is 0.673 e. The second kappa shape index (κ2) is 10.8. The summed E-state index contributed by atoms with van der Waals surface area (Å²) in [6.45, 7) is 4.53. The molecule has 1 aromatic heterocycles. The molecule has 4 aromatic carbocycles. The highest BCUT2D eigenvalue weighted by molar-refractivity contribution is 6.50. The van der Waals surface area contributed by atoms with Crippen LogP contribution in [0.2, 0.25) is 0 Å². The lowest BCUT2D eigenvalue weighted by Gasteiger charge is -2.16. The number of hydrogen-bond donors (Lipinski definition) is 0. The molecule has 5 aromatic rings. The van der Waals surface area contributed by atoms with Gasteiger partial charge in [-0.25, -0.2) is 0 Å². The third-order valence-corrected chi connectivity index (χ3v) is 5.86. The smallest absolute Gasteiger partial charge is 0.418 e. The Hall–Kier alpha value is -3.93. The molecule has 1 nitrogen and oxygen atoms in total. The number of fused-ring (bicyclic) bond motifs is 1. The van der Waals surface area contributed by atoms with Crippen molar-refractivity contribution in [3.05, 3.63) is 115 Å². The van der Waals surface area contributed by atoms with E-state index in [1.54, 1.807) is 0 Å². The fraction of sp³-hybridized carbons (Fsp3) is 0.100. The molecule has 0 atom stereocenters. The first-order chi connectivity index (χ1) is 17.2. The summed E-state index contributed by atoms with van der Waals surface area (Å²) in [5, 5.41) is 2.55. The predicted octanol–water partition coefficient (Wildman–Crippen LogP) is 9.01. The van der Waals surface area contributed by atoms with Crippen molar-refractivity contribution in [1.82, 2.24) is 0 Å². The van der Waals surface area contributed by atoms with Crippen LogP contribution in [0.25, 0.3) is 44.4 Å². The zero-order valence-electron chi connectivity index (χ0n) is 20.1. The lowest BCUT2D eigenvalue weighted by Crippen LogP contribution is -2.41. The summed E-state index contributed by atoms with van der Waals surface area (Å²) in [6.07, 6.45) is 0. The van der Waals surface area contributed by atoms with Crippen molar-refractivity contribution in [3.8, 4) is 33.6 Å². The normalized spacial score (nSPS) is 11.3. The SMILES string of the molecule is CC(C)[n+]1c(-c2ccccc2)cc(-c2ccccc2)cc1-c1cccc2ccccc12.F[B-](F)(F)F. The third kappa shape index (κ3) is 6.00. The molecular weight excluding hydrogens is 461 g/mol. The van der Waals surface area contributed by atoms with Crippen LogP contribution >= 0.6 is 0 Å². The monoisotopic (exact) mass is 487 g/mol. The van der Waals surface area contributed by atoms with Crippen LogP contribution in [0.3, 0.4) is 0 Å². The molecule has 0 saturated carbocycles. The standard InChI is InChI=1S/C30H26N.BF4/c1-22(2)31-29(25-15-7-4-8-16-25)20-26(23-12-5-3-6-13-23)21-30(31)28-19-11-17-24-14-9-10-18-27(24)28;2-1(3,4)5/h3-22H,1-2H3;/q+1;-1.